The fourth-order valence-electron chi connectivity index (χ4n) is 17.7. The van der Waals surface area contributed by atoms with Gasteiger partial charge in [0.2, 0.25) is 0 Å². The van der Waals surface area contributed by atoms with Gasteiger partial charge in [0.25, 0.3) is 6.71 Å². The number of anilines is 8. The summed E-state index contributed by atoms with van der Waals surface area (Å²) in [5, 5.41) is 5.03. The Morgan fingerprint density at radius 2 is 0.809 bits per heavy atom. The largest absolute Gasteiger partial charge is 0.342 e. The number of rotatable bonds is 14. The van der Waals surface area contributed by atoms with Gasteiger partial charge in [-0.1, -0.05) is 283 Å². The topological polar surface area (TPSA) is 19.6 Å². The predicted octanol–water partition coefficient (Wildman–Crippen LogP) is 26.0. The molecule has 14 aromatic carbocycles. The van der Waals surface area contributed by atoms with Gasteiger partial charge in [-0.05, 0) is 233 Å². The average molecular weight is 1430 g/mol. The van der Waals surface area contributed by atoms with Crippen molar-refractivity contribution in [2.75, 3.05) is 21.2 Å². The SMILES string of the molecule is CC(C)(C)c1cc(-c2ccccc2)c(CCCN2c3cc(Cn4c5ccc(C(C)(C)C)cc5c5cc(C(C)(C)C)ccc54)ccc3B3c4ccc(-n5c6ccccc6c6cc(N(c7ccccc7)c7ccccc7)ccc65)cc4N(c4cccc(-c5ccccc5)c4)c4cc(C(C)(C)C)cc2c43)c(-c2ccccc2)c1. The highest BCUT2D eigenvalue weighted by molar-refractivity contribution is 7.00. The first-order valence-corrected chi connectivity index (χ1v) is 39.6. The Morgan fingerprint density at radius 3 is 1.40 bits per heavy atom. The van der Waals surface area contributed by atoms with Gasteiger partial charge in [0.1, 0.15) is 0 Å². The van der Waals surface area contributed by atoms with Crippen LogP contribution in [-0.4, -0.2) is 22.4 Å². The summed E-state index contributed by atoms with van der Waals surface area (Å²) in [6, 6.07) is 120. The van der Waals surface area contributed by atoms with Gasteiger partial charge in [0, 0.05) is 96.9 Å². The predicted molar refractivity (Wildman–Crippen MR) is 473 cm³/mol. The van der Waals surface area contributed by atoms with Crippen molar-refractivity contribution in [1.29, 1.82) is 0 Å². The molecule has 16 aromatic rings. The van der Waals surface area contributed by atoms with Crippen LogP contribution in [0.1, 0.15) is 123 Å². The lowest BCUT2D eigenvalue weighted by molar-refractivity contribution is 0.590. The number of aromatic nitrogens is 2. The molecule has 0 bridgehead atoms. The summed E-state index contributed by atoms with van der Waals surface area (Å²) in [7, 11) is 0. The van der Waals surface area contributed by atoms with Crippen LogP contribution in [0.15, 0.2) is 315 Å². The molecule has 0 radical (unpaired) electrons. The fourth-order valence-corrected chi connectivity index (χ4v) is 17.7. The molecule has 5 nitrogen and oxygen atoms in total. The lowest BCUT2D eigenvalue weighted by atomic mass is 9.33. The van der Waals surface area contributed by atoms with Crippen LogP contribution in [0.3, 0.4) is 0 Å². The van der Waals surface area contributed by atoms with Crippen LogP contribution < -0.4 is 31.1 Å². The van der Waals surface area contributed by atoms with Crippen LogP contribution in [0.2, 0.25) is 0 Å². The zero-order valence-corrected chi connectivity index (χ0v) is 65.7. The van der Waals surface area contributed by atoms with Crippen LogP contribution >= 0.6 is 0 Å². The smallest absolute Gasteiger partial charge is 0.252 e. The number of nitrogens with zero attached hydrogens (tertiary/aromatic N) is 5. The maximum atomic E-state index is 2.77. The highest BCUT2D eigenvalue weighted by Crippen LogP contribution is 2.49. The summed E-state index contributed by atoms with van der Waals surface area (Å²) in [5.41, 5.74) is 34.4. The Hall–Kier alpha value is -11.9. The Bertz CT molecular complexity index is 6030. The van der Waals surface area contributed by atoms with E-state index in [1.807, 2.05) is 0 Å². The van der Waals surface area contributed by atoms with E-state index in [1.165, 1.54) is 138 Å². The fraction of sp³-hybridized carbons (Fsp3) is 0.192. The summed E-state index contributed by atoms with van der Waals surface area (Å²) in [6.07, 6.45) is 1.77. The number of para-hydroxylation sites is 3. The third kappa shape index (κ3) is 12.5. The van der Waals surface area contributed by atoms with Gasteiger partial charge in [0.05, 0.1) is 11.0 Å². The standard InChI is InChI=1S/C104H96BN5/c1-101(2,3)74-48-54-92-87(60-74)88-61-75(102(4,5)6)49-55-93(88)107(92)68-69-47-52-90-96(58-69)106(57-31-45-83-85(71-34-20-14-21-35-71)62-76(103(7,8)9)63-86(83)72-36-22-15-23-37-72)98-64-77(104(10,11)12)65-99-100(98)105(90)91-53-50-82(67-97(91)110(99)80-43-30-38-73(59-80)70-32-18-13-19-33-70)109-94-46-29-28-44-84(94)89-66-81(51-56-95(89)109)108(78-39-24-16-25-40-78)79-41-26-17-27-42-79/h13-30,32-44,46-56,58-67H,31,45,57,68H2,1-12H3. The Labute approximate surface area is 650 Å². The molecule has 0 atom stereocenters. The summed E-state index contributed by atoms with van der Waals surface area (Å²) >= 11 is 0. The van der Waals surface area contributed by atoms with Crippen molar-refractivity contribution in [3.63, 3.8) is 0 Å². The Morgan fingerprint density at radius 1 is 0.318 bits per heavy atom. The normalized spacial score (nSPS) is 13.0. The van der Waals surface area contributed by atoms with Crippen LogP contribution in [0, 0.1) is 0 Å². The molecule has 0 unspecified atom stereocenters. The maximum Gasteiger partial charge on any atom is 0.252 e. The van der Waals surface area contributed by atoms with Gasteiger partial charge in [-0.3, -0.25) is 0 Å². The van der Waals surface area contributed by atoms with Crippen molar-refractivity contribution >= 4 is 112 Å². The first kappa shape index (κ1) is 69.9. The van der Waals surface area contributed by atoms with E-state index >= 15 is 0 Å². The molecule has 0 saturated heterocycles. The van der Waals surface area contributed by atoms with Gasteiger partial charge in [-0.2, -0.15) is 0 Å². The number of hydrogen-bond acceptors (Lipinski definition) is 3. The third-order valence-corrected chi connectivity index (χ3v) is 23.5. The average Bonchev–Trinajstić information content (AvgIpc) is 0.778. The second-order valence-corrected chi connectivity index (χ2v) is 34.9. The molecule has 0 aliphatic carbocycles. The monoisotopic (exact) mass is 1430 g/mol. The lowest BCUT2D eigenvalue weighted by Gasteiger charge is -2.45. The van der Waals surface area contributed by atoms with Gasteiger partial charge in [-0.15, -0.1) is 0 Å². The molecular weight excluding hydrogens is 1330 g/mol. The minimum absolute atomic E-state index is 0.00975. The highest BCUT2D eigenvalue weighted by atomic mass is 15.2. The maximum absolute atomic E-state index is 2.77. The van der Waals surface area contributed by atoms with Gasteiger partial charge < -0.3 is 23.8 Å². The van der Waals surface area contributed by atoms with Crippen molar-refractivity contribution in [3.05, 3.63) is 349 Å². The zero-order chi connectivity index (χ0) is 75.5. The summed E-state index contributed by atoms with van der Waals surface area (Å²) in [4.78, 5) is 7.79. The molecule has 18 rings (SSSR count). The van der Waals surface area contributed by atoms with Gasteiger partial charge in [0.15, 0.2) is 0 Å². The molecule has 110 heavy (non-hydrogen) atoms. The quantitative estimate of drug-likeness (QED) is 0.101. The first-order valence-electron chi connectivity index (χ1n) is 39.6. The summed E-state index contributed by atoms with van der Waals surface area (Å²) in [6.45, 7) is 29.7. The van der Waals surface area contributed by atoms with E-state index in [9.17, 15) is 0 Å². The zero-order valence-electron chi connectivity index (χ0n) is 65.7. The van der Waals surface area contributed by atoms with Gasteiger partial charge in [-0.25, -0.2) is 0 Å². The van der Waals surface area contributed by atoms with E-state index in [1.54, 1.807) is 0 Å². The molecule has 4 heterocycles. The van der Waals surface area contributed by atoms with E-state index in [-0.39, 0.29) is 28.4 Å². The molecule has 0 amide bonds. The summed E-state index contributed by atoms with van der Waals surface area (Å²) in [5.74, 6) is 0. The van der Waals surface area contributed by atoms with E-state index in [2.05, 4.69) is 422 Å². The van der Waals surface area contributed by atoms with Crippen LogP contribution in [0.5, 0.6) is 0 Å². The molecule has 0 N–H and O–H groups in total. The molecule has 0 spiro atoms. The van der Waals surface area contributed by atoms with Crippen molar-refractivity contribution in [2.24, 2.45) is 0 Å². The molecule has 2 aliphatic rings. The molecule has 2 aromatic heterocycles. The second kappa shape index (κ2) is 27.1. The minimum atomic E-state index is -0.229. The van der Waals surface area contributed by atoms with Gasteiger partial charge >= 0.3 is 0 Å². The van der Waals surface area contributed by atoms with Crippen molar-refractivity contribution in [2.45, 2.75) is 124 Å². The Balaban J connectivity index is 0.860. The van der Waals surface area contributed by atoms with Crippen LogP contribution in [-0.2, 0) is 34.6 Å². The van der Waals surface area contributed by atoms with E-state index in [0.29, 0.717) is 6.54 Å². The lowest BCUT2D eigenvalue weighted by Crippen LogP contribution is -2.62. The number of hydrogen-bond donors (Lipinski definition) is 0. The third-order valence-electron chi connectivity index (χ3n) is 23.5. The van der Waals surface area contributed by atoms with E-state index < -0.39 is 0 Å². The van der Waals surface area contributed by atoms with E-state index in [4.69, 9.17) is 0 Å². The summed E-state index contributed by atoms with van der Waals surface area (Å²) < 4.78 is 5.13. The number of fused-ring (bicyclic) bond motifs is 10. The Kier molecular flexibility index (Phi) is 17.2. The molecule has 2 aliphatic heterocycles. The molecule has 0 saturated carbocycles. The molecule has 6 heteroatoms. The van der Waals surface area contributed by atoms with Crippen LogP contribution in [0.25, 0.3) is 82.7 Å². The van der Waals surface area contributed by atoms with E-state index in [0.717, 1.165) is 58.9 Å². The first-order chi connectivity index (χ1) is 53.1. The second-order valence-electron chi connectivity index (χ2n) is 34.9. The van der Waals surface area contributed by atoms with Crippen molar-refractivity contribution in [1.82, 2.24) is 9.13 Å². The minimum Gasteiger partial charge on any atom is -0.342 e. The highest BCUT2D eigenvalue weighted by Gasteiger charge is 2.44. The van der Waals surface area contributed by atoms with Crippen molar-refractivity contribution in [3.8, 4) is 39.1 Å². The molecule has 0 fully saturated rings. The van der Waals surface area contributed by atoms with Crippen molar-refractivity contribution < 1.29 is 0 Å². The van der Waals surface area contributed by atoms with Crippen LogP contribution in [0.4, 0.5) is 45.5 Å². The molecule has 540 valence electrons. The number of benzene rings is 14. The molecular formula is C104H96BN5.